The third-order valence-electron chi connectivity index (χ3n) is 3.68. The number of rotatable bonds is 5. The summed E-state index contributed by atoms with van der Waals surface area (Å²) in [5.74, 6) is 1.43. The number of imidazole rings is 1. The van der Waals surface area contributed by atoms with E-state index in [4.69, 9.17) is 4.74 Å². The molecule has 120 valence electrons. The molecule has 0 aliphatic heterocycles. The third kappa shape index (κ3) is 3.47. The minimum atomic E-state index is 0.506. The first-order chi connectivity index (χ1) is 11.7. The zero-order valence-corrected chi connectivity index (χ0v) is 13.8. The lowest BCUT2D eigenvalue weighted by molar-refractivity contribution is 0.317. The second-order valence-electron chi connectivity index (χ2n) is 5.69. The molecule has 0 aliphatic rings. The molecule has 4 heteroatoms. The highest BCUT2D eigenvalue weighted by atomic mass is 16.5. The Balaban J connectivity index is 1.89. The molecular weight excluding hydrogens is 298 g/mol. The molecule has 24 heavy (non-hydrogen) atoms. The summed E-state index contributed by atoms with van der Waals surface area (Å²) in [7, 11) is 0. The van der Waals surface area contributed by atoms with Crippen molar-refractivity contribution in [3.63, 3.8) is 0 Å². The summed E-state index contributed by atoms with van der Waals surface area (Å²) in [5.41, 5.74) is 4.40. The lowest BCUT2D eigenvalue weighted by Gasteiger charge is -2.04. The predicted octanol–water partition coefficient (Wildman–Crippen LogP) is 4.72. The molecule has 2 aromatic carbocycles. The number of H-pyrrole nitrogens is 1. The fourth-order valence-corrected chi connectivity index (χ4v) is 2.45. The SMILES string of the molecule is CCCOc1ccc(/C=C(/C#N)c2nc3ccc(C)cc3[nH]2)cc1. The van der Waals surface area contributed by atoms with Crippen LogP contribution in [-0.4, -0.2) is 16.6 Å². The second kappa shape index (κ2) is 7.01. The number of ether oxygens (including phenoxy) is 1. The van der Waals surface area contributed by atoms with Gasteiger partial charge in [-0.15, -0.1) is 0 Å². The number of allylic oxidation sites excluding steroid dienone is 1. The first-order valence-electron chi connectivity index (χ1n) is 8.01. The lowest BCUT2D eigenvalue weighted by atomic mass is 10.1. The Morgan fingerprint density at radius 3 is 2.75 bits per heavy atom. The Bertz CT molecular complexity index is 914. The maximum Gasteiger partial charge on any atom is 0.149 e. The maximum absolute atomic E-state index is 9.49. The number of nitrogens with one attached hydrogen (secondary N) is 1. The number of nitrogens with zero attached hydrogens (tertiary/aromatic N) is 2. The van der Waals surface area contributed by atoms with Crippen molar-refractivity contribution in [1.29, 1.82) is 5.26 Å². The van der Waals surface area contributed by atoms with Gasteiger partial charge in [0.2, 0.25) is 0 Å². The molecule has 1 aromatic heterocycles. The van der Waals surface area contributed by atoms with Gasteiger partial charge in [-0.3, -0.25) is 0 Å². The molecule has 0 aliphatic carbocycles. The molecule has 0 bridgehead atoms. The Labute approximate surface area is 141 Å². The zero-order valence-electron chi connectivity index (χ0n) is 13.8. The lowest BCUT2D eigenvalue weighted by Crippen LogP contribution is -1.94. The van der Waals surface area contributed by atoms with E-state index in [1.54, 1.807) is 0 Å². The van der Waals surface area contributed by atoms with Gasteiger partial charge in [-0.2, -0.15) is 5.26 Å². The van der Waals surface area contributed by atoms with E-state index < -0.39 is 0 Å². The minimum Gasteiger partial charge on any atom is -0.494 e. The van der Waals surface area contributed by atoms with Crippen molar-refractivity contribution in [2.24, 2.45) is 0 Å². The number of fused-ring (bicyclic) bond motifs is 1. The summed E-state index contributed by atoms with van der Waals surface area (Å²) < 4.78 is 5.57. The van der Waals surface area contributed by atoms with E-state index in [0.717, 1.165) is 34.3 Å². The van der Waals surface area contributed by atoms with Crippen molar-refractivity contribution < 1.29 is 4.74 Å². The van der Waals surface area contributed by atoms with Gasteiger partial charge >= 0.3 is 0 Å². The average molecular weight is 317 g/mol. The van der Waals surface area contributed by atoms with Gasteiger partial charge in [-0.25, -0.2) is 4.98 Å². The van der Waals surface area contributed by atoms with Crippen molar-refractivity contribution in [2.45, 2.75) is 20.3 Å². The summed E-state index contributed by atoms with van der Waals surface area (Å²) in [6, 6.07) is 15.9. The van der Waals surface area contributed by atoms with Gasteiger partial charge in [0.1, 0.15) is 17.6 Å². The van der Waals surface area contributed by atoms with Gasteiger partial charge in [-0.05, 0) is 54.8 Å². The number of hydrogen-bond acceptors (Lipinski definition) is 3. The Morgan fingerprint density at radius 1 is 1.25 bits per heavy atom. The monoisotopic (exact) mass is 317 g/mol. The van der Waals surface area contributed by atoms with Crippen LogP contribution in [0.4, 0.5) is 0 Å². The van der Waals surface area contributed by atoms with E-state index in [2.05, 4.69) is 23.0 Å². The highest BCUT2D eigenvalue weighted by molar-refractivity contribution is 5.90. The van der Waals surface area contributed by atoms with Gasteiger partial charge in [-0.1, -0.05) is 25.1 Å². The van der Waals surface area contributed by atoms with E-state index >= 15 is 0 Å². The fraction of sp³-hybridized carbons (Fsp3) is 0.200. The molecule has 4 nitrogen and oxygen atoms in total. The molecule has 0 amide bonds. The van der Waals surface area contributed by atoms with E-state index in [1.165, 1.54) is 0 Å². The van der Waals surface area contributed by atoms with Gasteiger partial charge < -0.3 is 9.72 Å². The summed E-state index contributed by atoms with van der Waals surface area (Å²) in [4.78, 5) is 7.73. The van der Waals surface area contributed by atoms with Crippen LogP contribution >= 0.6 is 0 Å². The molecule has 1 N–H and O–H groups in total. The van der Waals surface area contributed by atoms with E-state index in [0.29, 0.717) is 18.0 Å². The second-order valence-corrected chi connectivity index (χ2v) is 5.69. The minimum absolute atomic E-state index is 0.506. The van der Waals surface area contributed by atoms with Crippen molar-refractivity contribution in [3.05, 3.63) is 59.4 Å². The average Bonchev–Trinajstić information content (AvgIpc) is 3.01. The van der Waals surface area contributed by atoms with Gasteiger partial charge in [0.25, 0.3) is 0 Å². The van der Waals surface area contributed by atoms with Crippen molar-refractivity contribution in [1.82, 2.24) is 9.97 Å². The van der Waals surface area contributed by atoms with E-state index in [1.807, 2.05) is 55.5 Å². The molecule has 0 radical (unpaired) electrons. The first kappa shape index (κ1) is 15.8. The predicted molar refractivity (Wildman–Crippen MR) is 96.5 cm³/mol. The van der Waals surface area contributed by atoms with Crippen molar-refractivity contribution in [2.75, 3.05) is 6.61 Å². The Morgan fingerprint density at radius 2 is 2.04 bits per heavy atom. The largest absolute Gasteiger partial charge is 0.494 e. The standard InChI is InChI=1S/C20H19N3O/c1-3-10-24-17-7-5-15(6-8-17)12-16(13-21)20-22-18-9-4-14(2)11-19(18)23-20/h4-9,11-12H,3,10H2,1-2H3,(H,22,23)/b16-12-. The Kier molecular flexibility index (Phi) is 4.62. The normalized spacial score (nSPS) is 11.5. The molecule has 0 saturated heterocycles. The quantitative estimate of drug-likeness (QED) is 0.692. The number of aromatic nitrogens is 2. The number of benzene rings is 2. The smallest absolute Gasteiger partial charge is 0.149 e. The van der Waals surface area contributed by atoms with Crippen LogP contribution in [0, 0.1) is 18.3 Å². The molecule has 3 aromatic rings. The van der Waals surface area contributed by atoms with Crippen LogP contribution in [0.2, 0.25) is 0 Å². The van der Waals surface area contributed by atoms with Crippen LogP contribution in [0.5, 0.6) is 5.75 Å². The number of aromatic amines is 1. The maximum atomic E-state index is 9.49. The van der Waals surface area contributed by atoms with Gasteiger partial charge in [0, 0.05) is 0 Å². The molecular formula is C20H19N3O. The zero-order chi connectivity index (χ0) is 16.9. The van der Waals surface area contributed by atoms with Crippen LogP contribution in [0.15, 0.2) is 42.5 Å². The van der Waals surface area contributed by atoms with Crippen LogP contribution < -0.4 is 4.74 Å². The van der Waals surface area contributed by atoms with Gasteiger partial charge in [0.15, 0.2) is 0 Å². The number of hydrogen-bond donors (Lipinski definition) is 1. The highest BCUT2D eigenvalue weighted by Crippen LogP contribution is 2.21. The Hall–Kier alpha value is -3.06. The van der Waals surface area contributed by atoms with E-state index in [9.17, 15) is 5.26 Å². The topological polar surface area (TPSA) is 61.7 Å². The fourth-order valence-electron chi connectivity index (χ4n) is 2.45. The van der Waals surface area contributed by atoms with Crippen molar-refractivity contribution >= 4 is 22.7 Å². The van der Waals surface area contributed by atoms with Crippen LogP contribution in [0.1, 0.15) is 30.3 Å². The summed E-state index contributed by atoms with van der Waals surface area (Å²) in [6.45, 7) is 4.81. The van der Waals surface area contributed by atoms with Crippen LogP contribution in [0.3, 0.4) is 0 Å². The summed E-state index contributed by atoms with van der Waals surface area (Å²) in [6.07, 6.45) is 2.81. The molecule has 0 atom stereocenters. The third-order valence-corrected chi connectivity index (χ3v) is 3.68. The molecule has 3 rings (SSSR count). The molecule has 0 unspecified atom stereocenters. The van der Waals surface area contributed by atoms with Crippen LogP contribution in [-0.2, 0) is 0 Å². The molecule has 0 spiro atoms. The van der Waals surface area contributed by atoms with E-state index in [-0.39, 0.29) is 0 Å². The van der Waals surface area contributed by atoms with Crippen LogP contribution in [0.25, 0.3) is 22.7 Å². The molecule has 0 saturated carbocycles. The number of nitriles is 1. The first-order valence-corrected chi connectivity index (χ1v) is 8.01. The van der Waals surface area contributed by atoms with Gasteiger partial charge in [0.05, 0.1) is 23.2 Å². The number of aryl methyl sites for hydroxylation is 1. The summed E-state index contributed by atoms with van der Waals surface area (Å²) in [5, 5.41) is 9.49. The van der Waals surface area contributed by atoms with Crippen molar-refractivity contribution in [3.8, 4) is 11.8 Å². The molecule has 0 fully saturated rings. The summed E-state index contributed by atoms with van der Waals surface area (Å²) >= 11 is 0. The highest BCUT2D eigenvalue weighted by Gasteiger charge is 2.08. The molecule has 1 heterocycles.